The molecule has 0 aliphatic heterocycles. The maximum Gasteiger partial charge on any atom is 0.326 e. The number of carbonyl (C=O) groups is 2. The molecule has 0 spiro atoms. The summed E-state index contributed by atoms with van der Waals surface area (Å²) in [7, 11) is 0. The summed E-state index contributed by atoms with van der Waals surface area (Å²) in [6.07, 6.45) is 0. The number of benzene rings is 2. The fourth-order valence-corrected chi connectivity index (χ4v) is 5.15. The average molecular weight is 476 g/mol. The standard InChI is InChI=1S/C19H14BrN3O3S2/c1-2-26-16(24)10-23-13-8-7-11(20)9-15(13)28-19(23)22-17(25)18-21-12-5-3-4-6-14(12)27-18/h3-9H,2,10H2,1H3. The molecule has 28 heavy (non-hydrogen) atoms. The lowest BCUT2D eigenvalue weighted by atomic mass is 10.3. The van der Waals surface area contributed by atoms with Crippen LogP contribution in [-0.2, 0) is 16.1 Å². The van der Waals surface area contributed by atoms with Crippen LogP contribution in [0.2, 0.25) is 0 Å². The van der Waals surface area contributed by atoms with E-state index in [4.69, 9.17) is 4.74 Å². The van der Waals surface area contributed by atoms with Crippen LogP contribution in [0.5, 0.6) is 0 Å². The van der Waals surface area contributed by atoms with Gasteiger partial charge in [-0.1, -0.05) is 39.4 Å². The molecule has 6 nitrogen and oxygen atoms in total. The highest BCUT2D eigenvalue weighted by Crippen LogP contribution is 2.24. The molecule has 0 fully saturated rings. The molecular formula is C19H14BrN3O3S2. The normalized spacial score (nSPS) is 12.0. The van der Waals surface area contributed by atoms with Crippen molar-refractivity contribution >= 4 is 70.9 Å². The summed E-state index contributed by atoms with van der Waals surface area (Å²) in [5.74, 6) is -0.802. The molecule has 0 aliphatic carbocycles. The third-order valence-corrected chi connectivity index (χ3v) is 6.47. The van der Waals surface area contributed by atoms with E-state index in [1.54, 1.807) is 11.5 Å². The van der Waals surface area contributed by atoms with Crippen molar-refractivity contribution in [3.63, 3.8) is 0 Å². The molecule has 9 heteroatoms. The van der Waals surface area contributed by atoms with E-state index in [1.807, 2.05) is 42.5 Å². The van der Waals surface area contributed by atoms with Crippen LogP contribution in [0.3, 0.4) is 0 Å². The Morgan fingerprint density at radius 3 is 2.79 bits per heavy atom. The third kappa shape index (κ3) is 3.78. The Morgan fingerprint density at radius 2 is 2.00 bits per heavy atom. The molecule has 0 bridgehead atoms. The molecule has 0 N–H and O–H groups in total. The molecule has 0 aliphatic rings. The number of aromatic nitrogens is 2. The molecule has 0 atom stereocenters. The van der Waals surface area contributed by atoms with Crippen LogP contribution in [0, 0.1) is 0 Å². The summed E-state index contributed by atoms with van der Waals surface area (Å²) in [6, 6.07) is 13.3. The molecule has 4 aromatic rings. The first kappa shape index (κ1) is 19.0. The van der Waals surface area contributed by atoms with Gasteiger partial charge in [0.1, 0.15) is 6.54 Å². The first-order valence-corrected chi connectivity index (χ1v) is 10.9. The number of nitrogens with zero attached hydrogens (tertiary/aromatic N) is 3. The van der Waals surface area contributed by atoms with E-state index in [0.29, 0.717) is 16.4 Å². The Hall–Kier alpha value is -2.36. The third-order valence-electron chi connectivity index (χ3n) is 3.91. The van der Waals surface area contributed by atoms with Crippen LogP contribution in [0.4, 0.5) is 0 Å². The van der Waals surface area contributed by atoms with Crippen molar-refractivity contribution < 1.29 is 14.3 Å². The van der Waals surface area contributed by atoms with Crippen molar-refractivity contribution in [3.05, 3.63) is 56.7 Å². The zero-order valence-corrected chi connectivity index (χ0v) is 17.9. The first-order chi connectivity index (χ1) is 13.5. The van der Waals surface area contributed by atoms with Crippen molar-refractivity contribution in [2.45, 2.75) is 13.5 Å². The van der Waals surface area contributed by atoms with Crippen LogP contribution < -0.4 is 4.80 Å². The van der Waals surface area contributed by atoms with E-state index < -0.39 is 5.91 Å². The van der Waals surface area contributed by atoms with Crippen molar-refractivity contribution in [1.29, 1.82) is 0 Å². The zero-order valence-electron chi connectivity index (χ0n) is 14.7. The molecule has 1 amide bonds. The maximum absolute atomic E-state index is 12.7. The average Bonchev–Trinajstić information content (AvgIpc) is 3.23. The van der Waals surface area contributed by atoms with Crippen LogP contribution in [0.1, 0.15) is 16.7 Å². The lowest BCUT2D eigenvalue weighted by Crippen LogP contribution is -2.23. The van der Waals surface area contributed by atoms with Gasteiger partial charge < -0.3 is 9.30 Å². The van der Waals surface area contributed by atoms with E-state index in [-0.39, 0.29) is 12.5 Å². The van der Waals surface area contributed by atoms with E-state index in [0.717, 1.165) is 24.9 Å². The van der Waals surface area contributed by atoms with Gasteiger partial charge in [-0.25, -0.2) is 4.98 Å². The fraction of sp³-hybridized carbons (Fsp3) is 0.158. The van der Waals surface area contributed by atoms with Gasteiger partial charge in [-0.3, -0.25) is 9.59 Å². The molecule has 0 radical (unpaired) electrons. The number of carbonyl (C=O) groups excluding carboxylic acids is 2. The minimum atomic E-state index is -0.426. The number of para-hydroxylation sites is 1. The number of fused-ring (bicyclic) bond motifs is 2. The lowest BCUT2D eigenvalue weighted by molar-refractivity contribution is -0.143. The highest BCUT2D eigenvalue weighted by molar-refractivity contribution is 9.10. The van der Waals surface area contributed by atoms with Gasteiger partial charge in [-0.2, -0.15) is 4.99 Å². The molecular weight excluding hydrogens is 462 g/mol. The summed E-state index contributed by atoms with van der Waals surface area (Å²) in [6.45, 7) is 2.04. The Morgan fingerprint density at radius 1 is 1.18 bits per heavy atom. The van der Waals surface area contributed by atoms with Gasteiger partial charge in [0, 0.05) is 4.47 Å². The van der Waals surface area contributed by atoms with E-state index >= 15 is 0 Å². The Balaban J connectivity index is 1.81. The smallest absolute Gasteiger partial charge is 0.326 e. The molecule has 2 aromatic carbocycles. The molecule has 4 rings (SSSR count). The number of rotatable bonds is 4. The van der Waals surface area contributed by atoms with Gasteiger partial charge in [0.05, 0.1) is 27.0 Å². The highest BCUT2D eigenvalue weighted by Gasteiger charge is 2.15. The molecule has 2 heterocycles. The maximum atomic E-state index is 12.7. The number of ether oxygens (including phenoxy) is 1. The molecule has 0 saturated heterocycles. The zero-order chi connectivity index (χ0) is 19.7. The minimum absolute atomic E-state index is 0.0125. The topological polar surface area (TPSA) is 73.6 Å². The van der Waals surface area contributed by atoms with E-state index in [1.165, 1.54) is 22.7 Å². The number of halogens is 1. The largest absolute Gasteiger partial charge is 0.465 e. The summed E-state index contributed by atoms with van der Waals surface area (Å²) in [4.78, 5) is 33.9. The number of hydrogen-bond acceptors (Lipinski definition) is 6. The molecule has 2 aromatic heterocycles. The van der Waals surface area contributed by atoms with Crippen LogP contribution in [-0.4, -0.2) is 28.0 Å². The van der Waals surface area contributed by atoms with E-state index in [9.17, 15) is 9.59 Å². The lowest BCUT2D eigenvalue weighted by Gasteiger charge is -2.05. The van der Waals surface area contributed by atoms with Crippen molar-refractivity contribution in [1.82, 2.24) is 9.55 Å². The Bertz CT molecular complexity index is 1240. The molecule has 0 saturated carbocycles. The van der Waals surface area contributed by atoms with Gasteiger partial charge in [0.2, 0.25) is 0 Å². The van der Waals surface area contributed by atoms with Crippen molar-refractivity contribution in [2.75, 3.05) is 6.61 Å². The number of amides is 1. The summed E-state index contributed by atoms with van der Waals surface area (Å²) in [5, 5.41) is 0.322. The number of thiazole rings is 2. The van der Waals surface area contributed by atoms with Crippen molar-refractivity contribution in [2.24, 2.45) is 4.99 Å². The summed E-state index contributed by atoms with van der Waals surface area (Å²) in [5.41, 5.74) is 1.59. The van der Waals surface area contributed by atoms with Crippen molar-refractivity contribution in [3.8, 4) is 0 Å². The second-order valence-corrected chi connectivity index (χ2v) is 8.75. The quantitative estimate of drug-likeness (QED) is 0.410. The number of esters is 1. The van der Waals surface area contributed by atoms with Gasteiger partial charge >= 0.3 is 11.9 Å². The Labute approximate surface area is 176 Å². The number of hydrogen-bond donors (Lipinski definition) is 0. The van der Waals surface area contributed by atoms with Crippen LogP contribution >= 0.6 is 38.6 Å². The van der Waals surface area contributed by atoms with Gasteiger partial charge in [0.25, 0.3) is 0 Å². The second-order valence-electron chi connectivity index (χ2n) is 5.79. The Kier molecular flexibility index (Phi) is 5.38. The molecule has 0 unspecified atom stereocenters. The monoisotopic (exact) mass is 475 g/mol. The van der Waals surface area contributed by atoms with Gasteiger partial charge in [-0.15, -0.1) is 11.3 Å². The van der Waals surface area contributed by atoms with Crippen LogP contribution in [0.15, 0.2) is 51.9 Å². The van der Waals surface area contributed by atoms with Gasteiger partial charge in [-0.05, 0) is 37.3 Å². The predicted molar refractivity (Wildman–Crippen MR) is 114 cm³/mol. The minimum Gasteiger partial charge on any atom is -0.465 e. The fourth-order valence-electron chi connectivity index (χ4n) is 2.72. The SMILES string of the molecule is CCOC(=O)Cn1c(=NC(=O)c2nc3ccccc3s2)sc2cc(Br)ccc21. The summed E-state index contributed by atoms with van der Waals surface area (Å²) >= 11 is 6.10. The molecule has 142 valence electrons. The first-order valence-electron chi connectivity index (χ1n) is 8.44. The summed E-state index contributed by atoms with van der Waals surface area (Å²) < 4.78 is 9.53. The van der Waals surface area contributed by atoms with Gasteiger partial charge in [0.15, 0.2) is 9.81 Å². The van der Waals surface area contributed by atoms with Crippen LogP contribution in [0.25, 0.3) is 20.4 Å². The highest BCUT2D eigenvalue weighted by atomic mass is 79.9. The second kappa shape index (κ2) is 7.94. The van der Waals surface area contributed by atoms with E-state index in [2.05, 4.69) is 25.9 Å². The predicted octanol–water partition coefficient (Wildman–Crippen LogP) is 4.38.